The van der Waals surface area contributed by atoms with Crippen LogP contribution in [0, 0.1) is 0 Å². The molecule has 0 radical (unpaired) electrons. The Morgan fingerprint density at radius 2 is 1.95 bits per heavy atom. The summed E-state index contributed by atoms with van der Waals surface area (Å²) in [6, 6.07) is 15.3. The molecule has 1 aliphatic rings. The summed E-state index contributed by atoms with van der Waals surface area (Å²) < 4.78 is 0. The van der Waals surface area contributed by atoms with E-state index in [1.54, 1.807) is 5.57 Å². The van der Waals surface area contributed by atoms with Gasteiger partial charge >= 0.3 is 0 Å². The van der Waals surface area contributed by atoms with Gasteiger partial charge in [-0.25, -0.2) is 0 Å². The molecule has 0 heterocycles. The average molecular weight is 280 g/mol. The number of allylic oxidation sites excluding steroid dienone is 1. The van der Waals surface area contributed by atoms with E-state index in [9.17, 15) is 0 Å². The summed E-state index contributed by atoms with van der Waals surface area (Å²) in [6.45, 7) is 1.64. The van der Waals surface area contributed by atoms with E-state index in [2.05, 4.69) is 53.9 Å². The average Bonchev–Trinajstić information content (AvgIpc) is 3.05. The molecule has 110 valence electrons. The van der Waals surface area contributed by atoms with Crippen molar-refractivity contribution in [2.75, 3.05) is 13.1 Å². The van der Waals surface area contributed by atoms with Gasteiger partial charge in [0.2, 0.25) is 0 Å². The molecular formula is C19H24N2. The number of fused-ring (bicyclic) bond motifs is 1. The van der Waals surface area contributed by atoms with Gasteiger partial charge in [-0.1, -0.05) is 54.1 Å². The zero-order valence-electron chi connectivity index (χ0n) is 12.5. The van der Waals surface area contributed by atoms with Gasteiger partial charge in [-0.3, -0.25) is 0 Å². The van der Waals surface area contributed by atoms with Crippen LogP contribution < -0.4 is 11.1 Å². The van der Waals surface area contributed by atoms with E-state index >= 15 is 0 Å². The minimum Gasteiger partial charge on any atom is -0.329 e. The quantitative estimate of drug-likeness (QED) is 0.787. The Morgan fingerprint density at radius 1 is 1.10 bits per heavy atom. The summed E-state index contributed by atoms with van der Waals surface area (Å²) in [5.41, 5.74) is 8.94. The second kappa shape index (κ2) is 6.88. The molecular weight excluding hydrogens is 256 g/mol. The molecule has 2 aromatic carbocycles. The standard InChI is InChI=1S/C19H24N2/c20-14-19(21-13-12-15-6-1-2-7-15)18-11-5-9-16-8-3-4-10-17(16)18/h3-6,8-11,19,21H,1-2,7,12-14,20H2. The minimum atomic E-state index is 0.234. The zero-order valence-corrected chi connectivity index (χ0v) is 12.5. The Balaban J connectivity index is 1.72. The molecule has 0 saturated heterocycles. The van der Waals surface area contributed by atoms with Gasteiger partial charge in [-0.2, -0.15) is 0 Å². The maximum absolute atomic E-state index is 6.01. The molecule has 0 aliphatic heterocycles. The Hall–Kier alpha value is -1.64. The van der Waals surface area contributed by atoms with Crippen LogP contribution in [-0.4, -0.2) is 13.1 Å². The maximum Gasteiger partial charge on any atom is 0.0450 e. The number of nitrogens with two attached hydrogens (primary N) is 1. The molecule has 3 rings (SSSR count). The van der Waals surface area contributed by atoms with E-state index in [4.69, 9.17) is 5.73 Å². The molecule has 0 amide bonds. The van der Waals surface area contributed by atoms with Crippen molar-refractivity contribution >= 4 is 10.8 Å². The molecule has 2 aromatic rings. The largest absolute Gasteiger partial charge is 0.329 e. The summed E-state index contributed by atoms with van der Waals surface area (Å²) in [7, 11) is 0. The SMILES string of the molecule is NCC(NCCC1=CCCC1)c1cccc2ccccc12. The predicted octanol–water partition coefficient (Wildman–Crippen LogP) is 3.93. The van der Waals surface area contributed by atoms with E-state index in [0.717, 1.165) is 13.0 Å². The summed E-state index contributed by atoms with van der Waals surface area (Å²) >= 11 is 0. The van der Waals surface area contributed by atoms with Crippen LogP contribution in [0.25, 0.3) is 10.8 Å². The Labute approximate surface area is 127 Å². The molecule has 3 N–H and O–H groups in total. The van der Waals surface area contributed by atoms with E-state index in [1.165, 1.54) is 35.6 Å². The van der Waals surface area contributed by atoms with Crippen LogP contribution in [0.5, 0.6) is 0 Å². The highest BCUT2D eigenvalue weighted by atomic mass is 14.9. The lowest BCUT2D eigenvalue weighted by Gasteiger charge is -2.19. The fraction of sp³-hybridized carbons (Fsp3) is 0.368. The third-order valence-corrected chi connectivity index (χ3v) is 4.41. The van der Waals surface area contributed by atoms with Gasteiger partial charge in [0.15, 0.2) is 0 Å². The van der Waals surface area contributed by atoms with Crippen molar-refractivity contribution in [1.29, 1.82) is 0 Å². The highest BCUT2D eigenvalue weighted by molar-refractivity contribution is 5.86. The molecule has 0 fully saturated rings. The molecule has 1 aliphatic carbocycles. The van der Waals surface area contributed by atoms with Gasteiger partial charge in [0.25, 0.3) is 0 Å². The Kier molecular flexibility index (Phi) is 4.69. The lowest BCUT2D eigenvalue weighted by Crippen LogP contribution is -2.29. The zero-order chi connectivity index (χ0) is 14.5. The molecule has 0 bridgehead atoms. The van der Waals surface area contributed by atoms with Crippen molar-refractivity contribution in [2.24, 2.45) is 5.73 Å². The van der Waals surface area contributed by atoms with E-state index in [0.29, 0.717) is 6.54 Å². The molecule has 1 unspecified atom stereocenters. The third kappa shape index (κ3) is 3.34. The molecule has 1 atom stereocenters. The fourth-order valence-electron chi connectivity index (χ4n) is 3.25. The Bertz CT molecular complexity index is 625. The second-order valence-corrected chi connectivity index (χ2v) is 5.82. The lowest BCUT2D eigenvalue weighted by molar-refractivity contribution is 0.545. The van der Waals surface area contributed by atoms with Crippen LogP contribution in [0.3, 0.4) is 0 Å². The van der Waals surface area contributed by atoms with Crippen molar-refractivity contribution in [2.45, 2.75) is 31.7 Å². The first-order chi connectivity index (χ1) is 10.4. The molecule has 21 heavy (non-hydrogen) atoms. The third-order valence-electron chi connectivity index (χ3n) is 4.41. The van der Waals surface area contributed by atoms with Crippen LogP contribution in [0.2, 0.25) is 0 Å². The second-order valence-electron chi connectivity index (χ2n) is 5.82. The molecule has 2 nitrogen and oxygen atoms in total. The van der Waals surface area contributed by atoms with Crippen molar-refractivity contribution in [3.05, 3.63) is 59.7 Å². The van der Waals surface area contributed by atoms with Crippen LogP contribution in [0.4, 0.5) is 0 Å². The molecule has 2 heteroatoms. The molecule has 0 saturated carbocycles. The van der Waals surface area contributed by atoms with Crippen LogP contribution in [0.1, 0.15) is 37.3 Å². The topological polar surface area (TPSA) is 38.0 Å². The summed E-state index contributed by atoms with van der Waals surface area (Å²) in [6.07, 6.45) is 7.43. The van der Waals surface area contributed by atoms with Crippen molar-refractivity contribution in [1.82, 2.24) is 5.32 Å². The first-order valence-corrected chi connectivity index (χ1v) is 7.97. The first-order valence-electron chi connectivity index (χ1n) is 7.97. The number of benzene rings is 2. The van der Waals surface area contributed by atoms with Gasteiger partial charge in [0.1, 0.15) is 0 Å². The molecule has 0 aromatic heterocycles. The van der Waals surface area contributed by atoms with Crippen LogP contribution in [-0.2, 0) is 0 Å². The van der Waals surface area contributed by atoms with E-state index in [-0.39, 0.29) is 6.04 Å². The summed E-state index contributed by atoms with van der Waals surface area (Å²) in [5.74, 6) is 0. The highest BCUT2D eigenvalue weighted by Crippen LogP contribution is 2.24. The van der Waals surface area contributed by atoms with Gasteiger partial charge < -0.3 is 11.1 Å². The number of hydrogen-bond donors (Lipinski definition) is 2. The van der Waals surface area contributed by atoms with E-state index < -0.39 is 0 Å². The van der Waals surface area contributed by atoms with Crippen molar-refractivity contribution < 1.29 is 0 Å². The number of nitrogens with one attached hydrogen (secondary N) is 1. The minimum absolute atomic E-state index is 0.234. The first kappa shape index (κ1) is 14.3. The van der Waals surface area contributed by atoms with Gasteiger partial charge in [0, 0.05) is 12.6 Å². The smallest absolute Gasteiger partial charge is 0.0450 e. The summed E-state index contributed by atoms with van der Waals surface area (Å²) in [5, 5.41) is 6.23. The van der Waals surface area contributed by atoms with Crippen LogP contribution >= 0.6 is 0 Å². The van der Waals surface area contributed by atoms with Crippen molar-refractivity contribution in [3.63, 3.8) is 0 Å². The highest BCUT2D eigenvalue weighted by Gasteiger charge is 2.12. The maximum atomic E-state index is 6.01. The number of rotatable bonds is 6. The number of hydrogen-bond acceptors (Lipinski definition) is 2. The van der Waals surface area contributed by atoms with Crippen LogP contribution in [0.15, 0.2) is 54.1 Å². The predicted molar refractivity (Wildman–Crippen MR) is 90.3 cm³/mol. The van der Waals surface area contributed by atoms with Gasteiger partial charge in [0.05, 0.1) is 0 Å². The monoisotopic (exact) mass is 280 g/mol. The summed E-state index contributed by atoms with van der Waals surface area (Å²) in [4.78, 5) is 0. The molecule has 0 spiro atoms. The van der Waals surface area contributed by atoms with Crippen molar-refractivity contribution in [3.8, 4) is 0 Å². The van der Waals surface area contributed by atoms with Gasteiger partial charge in [-0.15, -0.1) is 0 Å². The van der Waals surface area contributed by atoms with Gasteiger partial charge in [-0.05, 0) is 48.6 Å². The normalized spacial score (nSPS) is 16.1. The lowest BCUT2D eigenvalue weighted by atomic mass is 9.98. The van der Waals surface area contributed by atoms with E-state index in [1.807, 2.05) is 0 Å². The Morgan fingerprint density at radius 3 is 2.76 bits per heavy atom. The fourth-order valence-corrected chi connectivity index (χ4v) is 3.25.